The van der Waals surface area contributed by atoms with Gasteiger partial charge in [-0.1, -0.05) is 30.1 Å². The van der Waals surface area contributed by atoms with Gasteiger partial charge in [0.1, 0.15) is 0 Å². The van der Waals surface area contributed by atoms with E-state index in [9.17, 15) is 0 Å². The van der Waals surface area contributed by atoms with Crippen molar-refractivity contribution >= 4 is 5.71 Å². The van der Waals surface area contributed by atoms with Gasteiger partial charge in [-0.2, -0.15) is 0 Å². The van der Waals surface area contributed by atoms with Crippen LogP contribution >= 0.6 is 0 Å². The summed E-state index contributed by atoms with van der Waals surface area (Å²) in [5.41, 5.74) is 3.81. The number of aliphatic imine (C=N–C) groups is 1. The topological polar surface area (TPSA) is 12.4 Å². The number of rotatable bonds is 2. The zero-order valence-electron chi connectivity index (χ0n) is 13.5. The minimum absolute atomic E-state index is 0.0362. The highest BCUT2D eigenvalue weighted by Crippen LogP contribution is 2.42. The first-order valence-electron chi connectivity index (χ1n) is 7.11. The molecule has 0 radical (unpaired) electrons. The summed E-state index contributed by atoms with van der Waals surface area (Å²) in [5, 5.41) is 0. The fourth-order valence-corrected chi connectivity index (χ4v) is 2.60. The molecule has 104 valence electrons. The zero-order chi connectivity index (χ0) is 14.6. The molecule has 0 bridgehead atoms. The van der Waals surface area contributed by atoms with Crippen LogP contribution in [-0.4, -0.2) is 5.71 Å². The summed E-state index contributed by atoms with van der Waals surface area (Å²) in [6.45, 7) is 15.0. The van der Waals surface area contributed by atoms with E-state index in [4.69, 9.17) is 0 Å². The molecule has 0 aliphatic heterocycles. The van der Waals surface area contributed by atoms with Crippen LogP contribution in [0.15, 0.2) is 28.4 Å². The van der Waals surface area contributed by atoms with Crippen molar-refractivity contribution in [2.24, 2.45) is 22.2 Å². The van der Waals surface area contributed by atoms with Gasteiger partial charge in [0.05, 0.1) is 0 Å². The van der Waals surface area contributed by atoms with Gasteiger partial charge >= 0.3 is 0 Å². The van der Waals surface area contributed by atoms with E-state index in [0.29, 0.717) is 11.8 Å². The summed E-state index contributed by atoms with van der Waals surface area (Å²) in [6.07, 6.45) is 5.47. The lowest BCUT2D eigenvalue weighted by molar-refractivity contribution is 0.339. The van der Waals surface area contributed by atoms with Crippen molar-refractivity contribution in [3.8, 4) is 11.8 Å². The second kappa shape index (κ2) is 6.24. The molecule has 0 spiro atoms. The van der Waals surface area contributed by atoms with Gasteiger partial charge in [0.15, 0.2) is 0 Å². The van der Waals surface area contributed by atoms with E-state index >= 15 is 0 Å². The Labute approximate surface area is 118 Å². The number of hydrogen-bond donors (Lipinski definition) is 0. The molecule has 1 aliphatic rings. The lowest BCUT2D eigenvalue weighted by Crippen LogP contribution is -2.36. The Bertz CT molecular complexity index is 478. The maximum Gasteiger partial charge on any atom is 0.0375 e. The van der Waals surface area contributed by atoms with Crippen LogP contribution in [0.2, 0.25) is 0 Å². The molecule has 0 aromatic carbocycles. The van der Waals surface area contributed by atoms with Crippen LogP contribution in [-0.2, 0) is 0 Å². The highest BCUT2D eigenvalue weighted by atomic mass is 14.7. The molecule has 1 nitrogen and oxygen atoms in total. The number of nitrogens with zero attached hydrogens (tertiary/aromatic N) is 1. The van der Waals surface area contributed by atoms with Crippen LogP contribution < -0.4 is 0 Å². The fraction of sp³-hybridized carbons (Fsp3) is 0.611. The predicted molar refractivity (Wildman–Crippen MR) is 85.1 cm³/mol. The lowest BCUT2D eigenvalue weighted by Gasteiger charge is -2.39. The van der Waals surface area contributed by atoms with E-state index in [1.165, 1.54) is 11.1 Å². The molecule has 0 amide bonds. The largest absolute Gasteiger partial charge is 0.265 e. The van der Waals surface area contributed by atoms with Crippen LogP contribution in [0.1, 0.15) is 54.9 Å². The molecule has 0 saturated carbocycles. The third-order valence-electron chi connectivity index (χ3n) is 4.23. The molecule has 0 heterocycles. The van der Waals surface area contributed by atoms with Gasteiger partial charge in [0.25, 0.3) is 0 Å². The van der Waals surface area contributed by atoms with Crippen molar-refractivity contribution in [2.75, 3.05) is 0 Å². The van der Waals surface area contributed by atoms with E-state index in [-0.39, 0.29) is 5.41 Å². The summed E-state index contributed by atoms with van der Waals surface area (Å²) in [7, 11) is 0. The molecule has 1 aliphatic carbocycles. The second-order valence-electron chi connectivity index (χ2n) is 6.18. The van der Waals surface area contributed by atoms with E-state index in [1.807, 2.05) is 13.1 Å². The van der Waals surface area contributed by atoms with Crippen LogP contribution in [0.4, 0.5) is 0 Å². The van der Waals surface area contributed by atoms with Crippen molar-refractivity contribution in [2.45, 2.75) is 54.9 Å². The summed E-state index contributed by atoms with van der Waals surface area (Å²) in [5.74, 6) is 7.48. The van der Waals surface area contributed by atoms with Gasteiger partial charge in [0.2, 0.25) is 0 Å². The minimum atomic E-state index is -0.0362. The van der Waals surface area contributed by atoms with Crippen molar-refractivity contribution in [1.29, 1.82) is 0 Å². The van der Waals surface area contributed by atoms with Crippen molar-refractivity contribution in [3.63, 3.8) is 0 Å². The molecule has 0 fully saturated rings. The van der Waals surface area contributed by atoms with Gasteiger partial charge in [-0.15, -0.1) is 5.92 Å². The minimum Gasteiger partial charge on any atom is -0.265 e. The first-order chi connectivity index (χ1) is 8.81. The van der Waals surface area contributed by atoms with Gasteiger partial charge in [0, 0.05) is 23.2 Å². The first kappa shape index (κ1) is 15.8. The molecule has 0 aromatic heterocycles. The van der Waals surface area contributed by atoms with Crippen LogP contribution in [0.3, 0.4) is 0 Å². The molecule has 1 heteroatoms. The van der Waals surface area contributed by atoms with Crippen LogP contribution in [0.5, 0.6) is 0 Å². The van der Waals surface area contributed by atoms with E-state index in [1.54, 1.807) is 0 Å². The monoisotopic (exact) mass is 257 g/mol. The third-order valence-corrected chi connectivity index (χ3v) is 4.23. The van der Waals surface area contributed by atoms with Gasteiger partial charge < -0.3 is 0 Å². The molecule has 1 rings (SSSR count). The molecular formula is C18H27N. The third kappa shape index (κ3) is 3.60. The zero-order valence-corrected chi connectivity index (χ0v) is 13.5. The quantitative estimate of drug-likeness (QED) is 0.375. The maximum atomic E-state index is 4.65. The Balaban J connectivity index is 3.25. The van der Waals surface area contributed by atoms with Crippen molar-refractivity contribution in [3.05, 3.63) is 23.4 Å². The van der Waals surface area contributed by atoms with E-state index in [2.05, 4.69) is 64.5 Å². The van der Waals surface area contributed by atoms with Crippen molar-refractivity contribution in [1.82, 2.24) is 0 Å². The normalized spacial score (nSPS) is 31.1. The van der Waals surface area contributed by atoms with Gasteiger partial charge in [-0.25, -0.2) is 0 Å². The Morgan fingerprint density at radius 2 is 2.05 bits per heavy atom. The predicted octanol–water partition coefficient (Wildman–Crippen LogP) is 5.00. The molecule has 0 N–H and O–H groups in total. The highest BCUT2D eigenvalue weighted by Gasteiger charge is 2.38. The molecule has 0 aromatic rings. The Hall–Kier alpha value is -1.29. The lowest BCUT2D eigenvalue weighted by atomic mass is 9.64. The highest BCUT2D eigenvalue weighted by molar-refractivity contribution is 5.91. The Kier molecular flexibility index (Phi) is 5.18. The van der Waals surface area contributed by atoms with Crippen LogP contribution in [0.25, 0.3) is 0 Å². The summed E-state index contributed by atoms with van der Waals surface area (Å²) < 4.78 is 0. The average molecular weight is 257 g/mol. The van der Waals surface area contributed by atoms with Gasteiger partial charge in [-0.05, 0) is 53.9 Å². The number of hydrogen-bond acceptors (Lipinski definition) is 1. The molecule has 3 atom stereocenters. The van der Waals surface area contributed by atoms with Crippen molar-refractivity contribution < 1.29 is 0 Å². The molecule has 19 heavy (non-hydrogen) atoms. The molecular weight excluding hydrogens is 230 g/mol. The molecule has 3 unspecified atom stereocenters. The summed E-state index contributed by atoms with van der Waals surface area (Å²) in [4.78, 5) is 4.65. The summed E-state index contributed by atoms with van der Waals surface area (Å²) in [6, 6.07) is 0. The molecule has 0 saturated heterocycles. The standard InChI is InChI=1S/C18H27N/c1-8-9-17-10-14(4)15(5)11-18(17,7)16(6)19-12-13(2)3/h11-12,14,17H,10H2,1-7H3/b19-16+. The van der Waals surface area contributed by atoms with Gasteiger partial charge in [-0.3, -0.25) is 4.99 Å². The van der Waals surface area contributed by atoms with E-state index in [0.717, 1.165) is 12.1 Å². The Morgan fingerprint density at radius 3 is 2.58 bits per heavy atom. The Morgan fingerprint density at radius 1 is 1.42 bits per heavy atom. The van der Waals surface area contributed by atoms with Crippen LogP contribution in [0, 0.1) is 29.1 Å². The first-order valence-corrected chi connectivity index (χ1v) is 7.11. The maximum absolute atomic E-state index is 4.65. The fourth-order valence-electron chi connectivity index (χ4n) is 2.60. The average Bonchev–Trinajstić information content (AvgIpc) is 2.33. The second-order valence-corrected chi connectivity index (χ2v) is 6.18. The number of allylic oxidation sites excluding steroid dienone is 3. The SMILES string of the molecule is CC#CC1CC(C)C(C)=CC1(C)/C(C)=N/C=C(C)C. The smallest absolute Gasteiger partial charge is 0.0375 e. The van der Waals surface area contributed by atoms with E-state index < -0.39 is 0 Å². The summed E-state index contributed by atoms with van der Waals surface area (Å²) >= 11 is 0.